The van der Waals surface area contributed by atoms with Crippen LogP contribution in [-0.4, -0.2) is 5.11 Å². The Morgan fingerprint density at radius 3 is 2.10 bits per heavy atom. The number of aliphatic hydroxyl groups is 1. The lowest BCUT2D eigenvalue weighted by Crippen LogP contribution is -2.24. The van der Waals surface area contributed by atoms with E-state index in [1.165, 1.54) is 0 Å². The predicted octanol–water partition coefficient (Wildman–Crippen LogP) is 5.06. The molecule has 0 aliphatic heterocycles. The van der Waals surface area contributed by atoms with Crippen molar-refractivity contribution in [2.45, 2.75) is 32.8 Å². The van der Waals surface area contributed by atoms with Crippen LogP contribution in [-0.2, 0) is 12.0 Å². The minimum absolute atomic E-state index is 0.493. The van der Waals surface area contributed by atoms with E-state index < -0.39 is 5.60 Å². The zero-order valence-electron chi connectivity index (χ0n) is 11.9. The van der Waals surface area contributed by atoms with E-state index in [4.69, 9.17) is 23.2 Å². The van der Waals surface area contributed by atoms with Crippen molar-refractivity contribution in [1.29, 1.82) is 0 Å². The largest absolute Gasteiger partial charge is 0.385 e. The standard InChI is InChI=1S/C17H18Cl2O/c1-11-6-12(2)8-14(7-11)17(3,20)10-13-4-5-15(18)16(19)9-13/h4-9,20H,10H2,1-3H3. The average molecular weight is 309 g/mol. The Balaban J connectivity index is 2.32. The van der Waals surface area contributed by atoms with Gasteiger partial charge in [-0.25, -0.2) is 0 Å². The van der Waals surface area contributed by atoms with Crippen molar-refractivity contribution in [2.75, 3.05) is 0 Å². The van der Waals surface area contributed by atoms with Crippen molar-refractivity contribution >= 4 is 23.2 Å². The van der Waals surface area contributed by atoms with Gasteiger partial charge in [0.1, 0.15) is 0 Å². The quantitative estimate of drug-likeness (QED) is 0.840. The van der Waals surface area contributed by atoms with Crippen molar-refractivity contribution in [2.24, 2.45) is 0 Å². The predicted molar refractivity (Wildman–Crippen MR) is 85.7 cm³/mol. The highest BCUT2D eigenvalue weighted by molar-refractivity contribution is 6.42. The van der Waals surface area contributed by atoms with E-state index in [9.17, 15) is 5.11 Å². The highest BCUT2D eigenvalue weighted by Gasteiger charge is 2.24. The Kier molecular flexibility index (Phi) is 4.43. The second-order valence-electron chi connectivity index (χ2n) is 5.58. The first-order valence-electron chi connectivity index (χ1n) is 6.53. The summed E-state index contributed by atoms with van der Waals surface area (Å²) in [6.45, 7) is 5.89. The molecule has 0 saturated carbocycles. The molecule has 2 aromatic carbocycles. The molecule has 0 amide bonds. The van der Waals surface area contributed by atoms with Gasteiger partial charge in [-0.15, -0.1) is 0 Å². The summed E-state index contributed by atoms with van der Waals surface area (Å²) in [4.78, 5) is 0. The second kappa shape index (κ2) is 5.77. The van der Waals surface area contributed by atoms with E-state index in [1.54, 1.807) is 12.1 Å². The molecule has 1 N–H and O–H groups in total. The molecular formula is C17H18Cl2O. The topological polar surface area (TPSA) is 20.2 Å². The maximum atomic E-state index is 10.8. The molecule has 2 rings (SSSR count). The molecule has 0 spiro atoms. The first-order chi connectivity index (χ1) is 9.28. The fourth-order valence-corrected chi connectivity index (χ4v) is 2.76. The van der Waals surface area contributed by atoms with Gasteiger partial charge in [0.05, 0.1) is 15.6 Å². The smallest absolute Gasteiger partial charge is 0.0908 e. The lowest BCUT2D eigenvalue weighted by atomic mass is 9.87. The van der Waals surface area contributed by atoms with Crippen LogP contribution in [0.5, 0.6) is 0 Å². The van der Waals surface area contributed by atoms with Gasteiger partial charge in [0.2, 0.25) is 0 Å². The lowest BCUT2D eigenvalue weighted by Gasteiger charge is -2.25. The third-order valence-electron chi connectivity index (χ3n) is 3.38. The summed E-state index contributed by atoms with van der Waals surface area (Å²) in [6.07, 6.45) is 0.493. The van der Waals surface area contributed by atoms with E-state index in [0.717, 1.165) is 22.3 Å². The van der Waals surface area contributed by atoms with Crippen molar-refractivity contribution in [3.05, 3.63) is 68.7 Å². The van der Waals surface area contributed by atoms with E-state index in [-0.39, 0.29) is 0 Å². The molecule has 0 saturated heterocycles. The summed E-state index contributed by atoms with van der Waals surface area (Å²) in [6, 6.07) is 11.6. The Bertz CT molecular complexity index is 613. The summed E-state index contributed by atoms with van der Waals surface area (Å²) < 4.78 is 0. The normalized spacial score (nSPS) is 14.1. The maximum Gasteiger partial charge on any atom is 0.0908 e. The van der Waals surface area contributed by atoms with Crippen LogP contribution in [0.15, 0.2) is 36.4 Å². The molecule has 1 nitrogen and oxygen atoms in total. The molecule has 0 heterocycles. The van der Waals surface area contributed by atoms with Crippen molar-refractivity contribution in [3.8, 4) is 0 Å². The monoisotopic (exact) mass is 308 g/mol. The third-order valence-corrected chi connectivity index (χ3v) is 4.11. The molecule has 0 radical (unpaired) electrons. The minimum atomic E-state index is -0.937. The molecular weight excluding hydrogens is 291 g/mol. The van der Waals surface area contributed by atoms with E-state index in [2.05, 4.69) is 6.07 Å². The lowest BCUT2D eigenvalue weighted by molar-refractivity contribution is 0.0575. The van der Waals surface area contributed by atoms with Gasteiger partial charge in [-0.1, -0.05) is 58.6 Å². The molecule has 1 atom stereocenters. The van der Waals surface area contributed by atoms with Crippen LogP contribution in [0.25, 0.3) is 0 Å². The fraction of sp³-hybridized carbons (Fsp3) is 0.294. The Labute approximate surface area is 130 Å². The van der Waals surface area contributed by atoms with Crippen molar-refractivity contribution < 1.29 is 5.11 Å². The highest BCUT2D eigenvalue weighted by Crippen LogP contribution is 2.30. The van der Waals surface area contributed by atoms with Crippen molar-refractivity contribution in [1.82, 2.24) is 0 Å². The molecule has 3 heteroatoms. The summed E-state index contributed by atoms with van der Waals surface area (Å²) >= 11 is 11.9. The average Bonchev–Trinajstić information content (AvgIpc) is 2.32. The third kappa shape index (κ3) is 3.54. The van der Waals surface area contributed by atoms with Crippen LogP contribution < -0.4 is 0 Å². The van der Waals surface area contributed by atoms with Crippen LogP contribution in [0.4, 0.5) is 0 Å². The Hall–Kier alpha value is -1.02. The molecule has 20 heavy (non-hydrogen) atoms. The number of hydrogen-bond acceptors (Lipinski definition) is 1. The number of hydrogen-bond donors (Lipinski definition) is 1. The van der Waals surface area contributed by atoms with Crippen LogP contribution in [0, 0.1) is 13.8 Å². The van der Waals surface area contributed by atoms with Crippen molar-refractivity contribution in [3.63, 3.8) is 0 Å². The van der Waals surface area contributed by atoms with Crippen LogP contribution in [0.1, 0.15) is 29.2 Å². The van der Waals surface area contributed by atoms with Gasteiger partial charge in [-0.2, -0.15) is 0 Å². The van der Waals surface area contributed by atoms with Gasteiger partial charge in [0.15, 0.2) is 0 Å². The fourth-order valence-electron chi connectivity index (χ4n) is 2.43. The van der Waals surface area contributed by atoms with Gasteiger partial charge >= 0.3 is 0 Å². The number of rotatable bonds is 3. The molecule has 0 bridgehead atoms. The summed E-state index contributed by atoms with van der Waals surface area (Å²) in [5.74, 6) is 0. The number of aryl methyl sites for hydroxylation is 2. The van der Waals surface area contributed by atoms with E-state index in [1.807, 2.05) is 39.0 Å². The minimum Gasteiger partial charge on any atom is -0.385 e. The SMILES string of the molecule is Cc1cc(C)cc(C(C)(O)Cc2ccc(Cl)c(Cl)c2)c1. The Morgan fingerprint density at radius 1 is 0.950 bits per heavy atom. The molecule has 0 aliphatic rings. The Morgan fingerprint density at radius 2 is 1.55 bits per heavy atom. The number of benzene rings is 2. The molecule has 1 unspecified atom stereocenters. The molecule has 0 aromatic heterocycles. The van der Waals surface area contributed by atoms with Crippen LogP contribution in [0.3, 0.4) is 0 Å². The molecule has 2 aromatic rings. The van der Waals surface area contributed by atoms with Gasteiger partial charge < -0.3 is 5.11 Å². The molecule has 0 aliphatic carbocycles. The number of halogens is 2. The van der Waals surface area contributed by atoms with E-state index in [0.29, 0.717) is 16.5 Å². The highest BCUT2D eigenvalue weighted by atomic mass is 35.5. The summed E-state index contributed by atoms with van der Waals surface area (Å²) in [5, 5.41) is 11.8. The van der Waals surface area contributed by atoms with Crippen LogP contribution >= 0.6 is 23.2 Å². The molecule has 106 valence electrons. The maximum absolute atomic E-state index is 10.8. The summed E-state index contributed by atoms with van der Waals surface area (Å²) in [7, 11) is 0. The first-order valence-corrected chi connectivity index (χ1v) is 7.28. The second-order valence-corrected chi connectivity index (χ2v) is 6.39. The first kappa shape index (κ1) is 15.4. The van der Waals surface area contributed by atoms with Crippen LogP contribution in [0.2, 0.25) is 10.0 Å². The zero-order valence-corrected chi connectivity index (χ0v) is 13.4. The van der Waals surface area contributed by atoms with Gasteiger partial charge in [-0.05, 0) is 44.0 Å². The van der Waals surface area contributed by atoms with Gasteiger partial charge in [0.25, 0.3) is 0 Å². The van der Waals surface area contributed by atoms with Gasteiger partial charge in [0, 0.05) is 6.42 Å². The summed E-state index contributed by atoms with van der Waals surface area (Å²) in [5.41, 5.74) is 3.24. The van der Waals surface area contributed by atoms with Gasteiger partial charge in [-0.3, -0.25) is 0 Å². The zero-order chi connectivity index (χ0) is 14.9. The van der Waals surface area contributed by atoms with E-state index >= 15 is 0 Å². The molecule has 0 fully saturated rings.